The Morgan fingerprint density at radius 3 is 2.92 bits per heavy atom. The average Bonchev–Trinajstić information content (AvgIpc) is 3.28. The Bertz CT molecular complexity index is 1030. The summed E-state index contributed by atoms with van der Waals surface area (Å²) >= 11 is 0. The average molecular weight is 370 g/mol. The van der Waals surface area contributed by atoms with E-state index in [0.29, 0.717) is 23.4 Å². The van der Waals surface area contributed by atoms with Gasteiger partial charge < -0.3 is 5.32 Å². The molecule has 1 amide bonds. The highest BCUT2D eigenvalue weighted by molar-refractivity contribution is 7.91. The molecule has 134 valence electrons. The molecule has 0 saturated carbocycles. The second kappa shape index (κ2) is 6.25. The molecule has 1 aromatic carbocycles. The van der Waals surface area contributed by atoms with Crippen LogP contribution in [-0.2, 0) is 22.7 Å². The summed E-state index contributed by atoms with van der Waals surface area (Å²) in [6.45, 7) is 0. The maximum atomic E-state index is 13.0. The van der Waals surface area contributed by atoms with Gasteiger partial charge in [-0.3, -0.25) is 9.48 Å². The van der Waals surface area contributed by atoms with E-state index in [4.69, 9.17) is 5.26 Å². The number of nitrogens with zero attached hydrogens (tertiary/aromatic N) is 3. The number of nitriles is 1. The molecule has 1 aromatic heterocycles. The summed E-state index contributed by atoms with van der Waals surface area (Å²) in [6.07, 6.45) is 3.01. The number of carbonyl (C=O) groups excluding carboxylic acids is 1. The Kier molecular flexibility index (Phi) is 4.04. The maximum Gasteiger partial charge on any atom is 0.274 e. The second-order valence-corrected chi connectivity index (χ2v) is 9.00. The van der Waals surface area contributed by atoms with E-state index in [9.17, 15) is 13.2 Å². The Hall–Kier alpha value is -2.66. The summed E-state index contributed by atoms with van der Waals surface area (Å²) in [6, 6.07) is 8.46. The van der Waals surface area contributed by atoms with Gasteiger partial charge in [-0.05, 0) is 43.9 Å². The Morgan fingerprint density at radius 1 is 1.35 bits per heavy atom. The molecule has 1 unspecified atom stereocenters. The van der Waals surface area contributed by atoms with Crippen molar-refractivity contribution in [1.29, 1.82) is 5.26 Å². The van der Waals surface area contributed by atoms with Gasteiger partial charge in [0.15, 0.2) is 9.84 Å². The van der Waals surface area contributed by atoms with Crippen molar-refractivity contribution in [3.63, 3.8) is 0 Å². The topological polar surface area (TPSA) is 105 Å². The normalized spacial score (nSPS) is 20.5. The van der Waals surface area contributed by atoms with Crippen molar-refractivity contribution in [3.05, 3.63) is 46.8 Å². The molecule has 2 aromatic rings. The lowest BCUT2D eigenvalue weighted by Crippen LogP contribution is -2.23. The lowest BCUT2D eigenvalue weighted by molar-refractivity contribution is 0.101. The fourth-order valence-electron chi connectivity index (χ4n) is 3.74. The van der Waals surface area contributed by atoms with Gasteiger partial charge in [0.25, 0.3) is 5.91 Å². The molecule has 8 heteroatoms. The molecule has 0 bridgehead atoms. The predicted octanol–water partition coefficient (Wildman–Crippen LogP) is 1.86. The van der Waals surface area contributed by atoms with Crippen LogP contribution in [0.3, 0.4) is 0 Å². The van der Waals surface area contributed by atoms with Crippen molar-refractivity contribution in [2.45, 2.75) is 31.7 Å². The molecule has 1 saturated heterocycles. The molecule has 26 heavy (non-hydrogen) atoms. The van der Waals surface area contributed by atoms with E-state index >= 15 is 0 Å². The van der Waals surface area contributed by atoms with Crippen molar-refractivity contribution in [1.82, 2.24) is 9.78 Å². The lowest BCUT2D eigenvalue weighted by atomic mass is 10.1. The monoisotopic (exact) mass is 370 g/mol. The molecular formula is C18H18N4O3S. The largest absolute Gasteiger partial charge is 0.321 e. The predicted molar refractivity (Wildman–Crippen MR) is 95.7 cm³/mol. The van der Waals surface area contributed by atoms with Crippen LogP contribution in [0.5, 0.6) is 0 Å². The number of anilines is 1. The van der Waals surface area contributed by atoms with E-state index in [1.807, 2.05) is 6.07 Å². The summed E-state index contributed by atoms with van der Waals surface area (Å²) in [4.78, 5) is 13.0. The van der Waals surface area contributed by atoms with Gasteiger partial charge in [0.2, 0.25) is 0 Å². The zero-order valence-corrected chi connectivity index (χ0v) is 14.9. The van der Waals surface area contributed by atoms with Gasteiger partial charge in [0.1, 0.15) is 5.69 Å². The maximum absolute atomic E-state index is 13.0. The first-order chi connectivity index (χ1) is 12.5. The van der Waals surface area contributed by atoms with Crippen LogP contribution < -0.4 is 5.32 Å². The summed E-state index contributed by atoms with van der Waals surface area (Å²) in [5, 5.41) is 16.4. The first-order valence-electron chi connectivity index (χ1n) is 8.59. The van der Waals surface area contributed by atoms with Crippen molar-refractivity contribution >= 4 is 21.4 Å². The highest BCUT2D eigenvalue weighted by atomic mass is 32.2. The molecule has 7 nitrogen and oxygen atoms in total. The number of fused-ring (bicyclic) bond motifs is 1. The fourth-order valence-corrected chi connectivity index (χ4v) is 5.43. The molecular weight excluding hydrogens is 352 g/mol. The van der Waals surface area contributed by atoms with Crippen LogP contribution in [0.4, 0.5) is 5.69 Å². The number of sulfone groups is 1. The first kappa shape index (κ1) is 16.8. The van der Waals surface area contributed by atoms with Crippen LogP contribution >= 0.6 is 0 Å². The van der Waals surface area contributed by atoms with E-state index < -0.39 is 9.84 Å². The third-order valence-electron chi connectivity index (χ3n) is 4.95. The van der Waals surface area contributed by atoms with Crippen molar-refractivity contribution in [3.8, 4) is 6.07 Å². The Morgan fingerprint density at radius 2 is 2.19 bits per heavy atom. The molecule has 1 fully saturated rings. The minimum absolute atomic E-state index is 0.0256. The third kappa shape index (κ3) is 2.99. The summed E-state index contributed by atoms with van der Waals surface area (Å²) < 4.78 is 25.3. The lowest BCUT2D eigenvalue weighted by Gasteiger charge is -2.14. The number of hydrogen-bond acceptors (Lipinski definition) is 5. The van der Waals surface area contributed by atoms with Crippen LogP contribution in [0.15, 0.2) is 24.3 Å². The van der Waals surface area contributed by atoms with Gasteiger partial charge in [-0.1, -0.05) is 6.07 Å². The number of rotatable bonds is 3. The van der Waals surface area contributed by atoms with E-state index in [1.165, 1.54) is 0 Å². The molecule has 0 spiro atoms. The van der Waals surface area contributed by atoms with Crippen LogP contribution in [-0.4, -0.2) is 35.6 Å². The van der Waals surface area contributed by atoms with Gasteiger partial charge >= 0.3 is 0 Å². The van der Waals surface area contributed by atoms with E-state index in [0.717, 1.165) is 30.5 Å². The summed E-state index contributed by atoms with van der Waals surface area (Å²) in [7, 11) is -3.07. The van der Waals surface area contributed by atoms with E-state index in [-0.39, 0.29) is 23.5 Å². The van der Waals surface area contributed by atoms with Crippen LogP contribution in [0.1, 0.15) is 46.2 Å². The number of benzene rings is 1. The molecule has 1 aliphatic carbocycles. The molecule has 1 atom stereocenters. The number of carbonyl (C=O) groups is 1. The summed E-state index contributed by atoms with van der Waals surface area (Å²) in [5.74, 6) is -0.148. The van der Waals surface area contributed by atoms with Crippen molar-refractivity contribution in [2.24, 2.45) is 0 Å². The smallest absolute Gasteiger partial charge is 0.274 e. The first-order valence-corrected chi connectivity index (χ1v) is 10.4. The molecule has 4 rings (SSSR count). The second-order valence-electron chi connectivity index (χ2n) is 6.78. The highest BCUT2D eigenvalue weighted by Crippen LogP contribution is 2.31. The molecule has 1 aliphatic heterocycles. The van der Waals surface area contributed by atoms with Crippen molar-refractivity contribution in [2.75, 3.05) is 16.8 Å². The minimum atomic E-state index is -3.07. The van der Waals surface area contributed by atoms with E-state index in [2.05, 4.69) is 10.4 Å². The number of amides is 1. The van der Waals surface area contributed by atoms with Gasteiger partial charge in [-0.25, -0.2) is 8.42 Å². The molecule has 1 N–H and O–H groups in total. The molecule has 2 heterocycles. The SMILES string of the molecule is N#Cc1cccc(NC(=O)c2c3c(nn2C2CCS(=O)(=O)C2)CCC3)c1. The quantitative estimate of drug-likeness (QED) is 0.888. The zero-order valence-electron chi connectivity index (χ0n) is 14.1. The van der Waals surface area contributed by atoms with Gasteiger partial charge in [0.05, 0.1) is 34.9 Å². The number of aromatic nitrogens is 2. The zero-order chi connectivity index (χ0) is 18.3. The number of nitrogens with one attached hydrogen (secondary N) is 1. The number of hydrogen-bond donors (Lipinski definition) is 1. The fraction of sp³-hybridized carbons (Fsp3) is 0.389. The van der Waals surface area contributed by atoms with Crippen LogP contribution in [0.25, 0.3) is 0 Å². The van der Waals surface area contributed by atoms with Crippen molar-refractivity contribution < 1.29 is 13.2 Å². The van der Waals surface area contributed by atoms with Gasteiger partial charge in [-0.15, -0.1) is 0 Å². The molecule has 0 radical (unpaired) electrons. The standard InChI is InChI=1S/C18H18N4O3S/c19-10-12-3-1-4-13(9-12)20-18(23)17-15-5-2-6-16(15)21-22(17)14-7-8-26(24,25)11-14/h1,3-4,9,14H,2,5-8,11H2,(H,20,23). The van der Waals surface area contributed by atoms with Crippen LogP contribution in [0.2, 0.25) is 0 Å². The third-order valence-corrected chi connectivity index (χ3v) is 6.70. The van der Waals surface area contributed by atoms with Gasteiger partial charge in [-0.2, -0.15) is 10.4 Å². The number of aryl methyl sites for hydroxylation is 1. The Labute approximate surface area is 151 Å². The molecule has 2 aliphatic rings. The summed E-state index contributed by atoms with van der Waals surface area (Å²) in [5.41, 5.74) is 3.27. The highest BCUT2D eigenvalue weighted by Gasteiger charge is 2.35. The Balaban J connectivity index is 1.69. The van der Waals surface area contributed by atoms with Crippen LogP contribution in [0, 0.1) is 11.3 Å². The minimum Gasteiger partial charge on any atom is -0.321 e. The van der Waals surface area contributed by atoms with Gasteiger partial charge in [0, 0.05) is 11.3 Å². The van der Waals surface area contributed by atoms with E-state index in [1.54, 1.807) is 28.9 Å².